The highest BCUT2D eigenvalue weighted by molar-refractivity contribution is 4.87. The molecular weight excluding hydrogens is 132 g/mol. The molecule has 0 aliphatic heterocycles. The zero-order chi connectivity index (χ0) is 8.36. The third-order valence-electron chi connectivity index (χ3n) is 1.69. The molecular formula is C11H20. The first-order valence-electron chi connectivity index (χ1n) is 4.67. The van der Waals surface area contributed by atoms with Crippen LogP contribution in [0.4, 0.5) is 0 Å². The van der Waals surface area contributed by atoms with Gasteiger partial charge >= 0.3 is 0 Å². The maximum Gasteiger partial charge on any atom is -0.0172 e. The minimum Gasteiger partial charge on any atom is -0.103 e. The van der Waals surface area contributed by atoms with Crippen LogP contribution in [-0.2, 0) is 0 Å². The van der Waals surface area contributed by atoms with Crippen LogP contribution < -0.4 is 0 Å². The quantitative estimate of drug-likeness (QED) is 0.381. The van der Waals surface area contributed by atoms with E-state index in [4.69, 9.17) is 0 Å². The molecule has 0 aromatic rings. The highest BCUT2D eigenvalue weighted by Crippen LogP contribution is 2.02. The summed E-state index contributed by atoms with van der Waals surface area (Å²) in [5, 5.41) is 0. The van der Waals surface area contributed by atoms with E-state index >= 15 is 0 Å². The van der Waals surface area contributed by atoms with Gasteiger partial charge in [0.05, 0.1) is 0 Å². The summed E-state index contributed by atoms with van der Waals surface area (Å²) in [4.78, 5) is 0. The van der Waals surface area contributed by atoms with E-state index < -0.39 is 0 Å². The lowest BCUT2D eigenvalue weighted by Crippen LogP contribution is -1.73. The van der Waals surface area contributed by atoms with Crippen molar-refractivity contribution in [2.24, 2.45) is 0 Å². The molecule has 64 valence electrons. The number of hydrogen-bond acceptors (Lipinski definition) is 0. The van der Waals surface area contributed by atoms with E-state index in [2.05, 4.69) is 25.7 Å². The largest absolute Gasteiger partial charge is 0.103 e. The van der Waals surface area contributed by atoms with Gasteiger partial charge in [0.2, 0.25) is 0 Å². The van der Waals surface area contributed by atoms with Crippen molar-refractivity contribution < 1.29 is 0 Å². The van der Waals surface area contributed by atoms with Gasteiger partial charge < -0.3 is 0 Å². The second-order valence-electron chi connectivity index (χ2n) is 2.85. The molecule has 0 amide bonds. The van der Waals surface area contributed by atoms with Crippen LogP contribution in [0.25, 0.3) is 0 Å². The summed E-state index contributed by atoms with van der Waals surface area (Å²) in [6.07, 6.45) is 14.1. The van der Waals surface area contributed by atoms with Crippen LogP contribution in [-0.4, -0.2) is 0 Å². The average molecular weight is 152 g/mol. The van der Waals surface area contributed by atoms with Crippen molar-refractivity contribution >= 4 is 0 Å². The molecule has 0 radical (unpaired) electrons. The molecule has 0 rings (SSSR count). The lowest BCUT2D eigenvalue weighted by molar-refractivity contribution is 0.674. The minimum absolute atomic E-state index is 1.02. The van der Waals surface area contributed by atoms with E-state index in [0.29, 0.717) is 0 Å². The van der Waals surface area contributed by atoms with Crippen LogP contribution in [0.5, 0.6) is 0 Å². The van der Waals surface area contributed by atoms with E-state index in [1.54, 1.807) is 0 Å². The van der Waals surface area contributed by atoms with Crippen LogP contribution in [0.3, 0.4) is 0 Å². The highest BCUT2D eigenvalue weighted by atomic mass is 13.9. The Labute approximate surface area is 71.0 Å². The maximum absolute atomic E-state index is 3.66. The lowest BCUT2D eigenvalue weighted by atomic mass is 10.1. The SMILES string of the molecule is C=CC/C=C/CCCCCC. The Morgan fingerprint density at radius 3 is 2.55 bits per heavy atom. The van der Waals surface area contributed by atoms with Crippen molar-refractivity contribution in [1.82, 2.24) is 0 Å². The van der Waals surface area contributed by atoms with Crippen LogP contribution in [0, 0.1) is 0 Å². The Bertz CT molecular complexity index is 101. The topological polar surface area (TPSA) is 0 Å². The van der Waals surface area contributed by atoms with Gasteiger partial charge in [-0.3, -0.25) is 0 Å². The number of unbranched alkanes of at least 4 members (excludes halogenated alkanes) is 4. The van der Waals surface area contributed by atoms with E-state index in [1.807, 2.05) is 6.08 Å². The van der Waals surface area contributed by atoms with Crippen molar-refractivity contribution in [3.05, 3.63) is 24.8 Å². The molecule has 0 nitrogen and oxygen atoms in total. The predicted octanol–water partition coefficient (Wildman–Crippen LogP) is 4.09. The molecule has 0 heterocycles. The van der Waals surface area contributed by atoms with Gasteiger partial charge in [-0.15, -0.1) is 6.58 Å². The molecule has 0 saturated heterocycles. The van der Waals surface area contributed by atoms with Gasteiger partial charge in [-0.1, -0.05) is 44.4 Å². The third kappa shape index (κ3) is 9.48. The number of rotatable bonds is 7. The van der Waals surface area contributed by atoms with Crippen molar-refractivity contribution in [2.45, 2.75) is 45.4 Å². The molecule has 0 heteroatoms. The molecule has 0 unspecified atom stereocenters. The zero-order valence-corrected chi connectivity index (χ0v) is 7.68. The summed E-state index contributed by atoms with van der Waals surface area (Å²) in [7, 11) is 0. The Hall–Kier alpha value is -0.520. The average Bonchev–Trinajstić information content (AvgIpc) is 2.03. The van der Waals surface area contributed by atoms with Gasteiger partial charge in [-0.05, 0) is 19.3 Å². The first-order chi connectivity index (χ1) is 5.41. The van der Waals surface area contributed by atoms with Crippen LogP contribution >= 0.6 is 0 Å². The normalized spacial score (nSPS) is 10.6. The summed E-state index contributed by atoms with van der Waals surface area (Å²) in [5.74, 6) is 0. The Balaban J connectivity index is 2.94. The fraction of sp³-hybridized carbons (Fsp3) is 0.636. The van der Waals surface area contributed by atoms with Gasteiger partial charge in [0.1, 0.15) is 0 Å². The molecule has 11 heavy (non-hydrogen) atoms. The monoisotopic (exact) mass is 152 g/mol. The Kier molecular flexibility index (Phi) is 9.03. The standard InChI is InChI=1S/C11H20/c1-3-5-7-9-11-10-8-6-4-2/h3,7,9H,1,4-6,8,10-11H2,2H3/b9-7+. The van der Waals surface area contributed by atoms with Gasteiger partial charge in [-0.25, -0.2) is 0 Å². The molecule has 0 fully saturated rings. The molecule has 0 atom stereocenters. The van der Waals surface area contributed by atoms with E-state index in [0.717, 1.165) is 6.42 Å². The highest BCUT2D eigenvalue weighted by Gasteiger charge is 1.83. The van der Waals surface area contributed by atoms with Crippen molar-refractivity contribution in [3.8, 4) is 0 Å². The van der Waals surface area contributed by atoms with Gasteiger partial charge in [0.15, 0.2) is 0 Å². The summed E-state index contributed by atoms with van der Waals surface area (Å²) >= 11 is 0. The fourth-order valence-corrected chi connectivity index (χ4v) is 0.999. The second-order valence-corrected chi connectivity index (χ2v) is 2.85. The van der Waals surface area contributed by atoms with E-state index in [-0.39, 0.29) is 0 Å². The number of allylic oxidation sites excluding steroid dienone is 3. The fourth-order valence-electron chi connectivity index (χ4n) is 0.999. The van der Waals surface area contributed by atoms with Gasteiger partial charge in [0, 0.05) is 0 Å². The summed E-state index contributed by atoms with van der Waals surface area (Å²) in [5.41, 5.74) is 0. The molecule has 0 aliphatic rings. The lowest BCUT2D eigenvalue weighted by Gasteiger charge is -1.93. The first kappa shape index (κ1) is 10.5. The van der Waals surface area contributed by atoms with Crippen LogP contribution in [0.2, 0.25) is 0 Å². The van der Waals surface area contributed by atoms with Crippen molar-refractivity contribution in [2.75, 3.05) is 0 Å². The predicted molar refractivity (Wildman–Crippen MR) is 52.7 cm³/mol. The van der Waals surface area contributed by atoms with Crippen molar-refractivity contribution in [3.63, 3.8) is 0 Å². The summed E-state index contributed by atoms with van der Waals surface area (Å²) in [6, 6.07) is 0. The second kappa shape index (κ2) is 9.48. The van der Waals surface area contributed by atoms with Crippen molar-refractivity contribution in [1.29, 1.82) is 0 Å². The van der Waals surface area contributed by atoms with Gasteiger partial charge in [0.25, 0.3) is 0 Å². The maximum atomic E-state index is 3.66. The zero-order valence-electron chi connectivity index (χ0n) is 7.68. The van der Waals surface area contributed by atoms with Crippen LogP contribution in [0.1, 0.15) is 45.4 Å². The third-order valence-corrected chi connectivity index (χ3v) is 1.69. The first-order valence-corrected chi connectivity index (χ1v) is 4.67. The van der Waals surface area contributed by atoms with E-state index in [1.165, 1.54) is 32.1 Å². The molecule has 0 N–H and O–H groups in total. The summed E-state index contributed by atoms with van der Waals surface area (Å²) < 4.78 is 0. The smallest absolute Gasteiger partial charge is 0.0172 e. The summed E-state index contributed by atoms with van der Waals surface area (Å²) in [6.45, 7) is 5.90. The molecule has 0 aliphatic carbocycles. The number of hydrogen-bond donors (Lipinski definition) is 0. The molecule has 0 spiro atoms. The Morgan fingerprint density at radius 1 is 1.09 bits per heavy atom. The minimum atomic E-state index is 1.02. The van der Waals surface area contributed by atoms with E-state index in [9.17, 15) is 0 Å². The Morgan fingerprint density at radius 2 is 1.91 bits per heavy atom. The van der Waals surface area contributed by atoms with Crippen LogP contribution in [0.15, 0.2) is 24.8 Å². The molecule has 0 aromatic carbocycles. The van der Waals surface area contributed by atoms with Gasteiger partial charge in [-0.2, -0.15) is 0 Å². The molecule has 0 bridgehead atoms. The molecule has 0 aromatic heterocycles. The molecule has 0 saturated carbocycles.